The van der Waals surface area contributed by atoms with Crippen molar-refractivity contribution in [1.82, 2.24) is 0 Å². The van der Waals surface area contributed by atoms with Crippen LogP contribution in [0.1, 0.15) is 56.7 Å². The molecule has 1 amide bonds. The molecule has 34 heavy (non-hydrogen) atoms. The molecule has 0 aliphatic heterocycles. The van der Waals surface area contributed by atoms with Gasteiger partial charge in [0.2, 0.25) is 5.91 Å². The van der Waals surface area contributed by atoms with Gasteiger partial charge in [-0.2, -0.15) is 0 Å². The van der Waals surface area contributed by atoms with Crippen molar-refractivity contribution in [2.75, 3.05) is 37.0 Å². The topological polar surface area (TPSA) is 78.9 Å². The number of aliphatic carboxylic acids is 1. The summed E-state index contributed by atoms with van der Waals surface area (Å²) in [7, 11) is 1.57. The Morgan fingerprint density at radius 1 is 1.00 bits per heavy atom. The molecule has 0 aromatic heterocycles. The molecule has 1 unspecified atom stereocenters. The SMILES string of the molecule is COCC(CC(=O)O)c1ccc(N(CC(C)C)CC(C)C)c(NC(=O)Cc2ccc(C)cc2)c1. The van der Waals surface area contributed by atoms with E-state index in [0.717, 1.165) is 35.5 Å². The van der Waals surface area contributed by atoms with E-state index in [1.165, 1.54) is 0 Å². The second kappa shape index (κ2) is 13.1. The number of aryl methyl sites for hydroxylation is 1. The Bertz CT molecular complexity index is 928. The first kappa shape index (κ1) is 27.4. The summed E-state index contributed by atoms with van der Waals surface area (Å²) < 4.78 is 5.29. The zero-order valence-corrected chi connectivity index (χ0v) is 21.4. The Kier molecular flexibility index (Phi) is 10.6. The van der Waals surface area contributed by atoms with Crippen molar-refractivity contribution >= 4 is 23.3 Å². The van der Waals surface area contributed by atoms with Crippen molar-refractivity contribution in [1.29, 1.82) is 0 Å². The Morgan fingerprint density at radius 3 is 2.15 bits per heavy atom. The highest BCUT2D eigenvalue weighted by Gasteiger charge is 2.21. The number of anilines is 2. The van der Waals surface area contributed by atoms with Gasteiger partial charge in [-0.25, -0.2) is 0 Å². The summed E-state index contributed by atoms with van der Waals surface area (Å²) in [6, 6.07) is 13.8. The second-order valence-corrected chi connectivity index (χ2v) is 9.93. The minimum atomic E-state index is -0.877. The Morgan fingerprint density at radius 2 is 1.62 bits per heavy atom. The van der Waals surface area contributed by atoms with Crippen LogP contribution in [0.15, 0.2) is 42.5 Å². The number of nitrogens with zero attached hydrogens (tertiary/aromatic N) is 1. The smallest absolute Gasteiger partial charge is 0.304 e. The summed E-state index contributed by atoms with van der Waals surface area (Å²) in [5.41, 5.74) is 4.61. The molecule has 0 saturated heterocycles. The van der Waals surface area contributed by atoms with Crippen LogP contribution < -0.4 is 10.2 Å². The fourth-order valence-corrected chi connectivity index (χ4v) is 4.11. The Labute approximate surface area is 204 Å². The summed E-state index contributed by atoms with van der Waals surface area (Å²) in [6.45, 7) is 12.7. The lowest BCUT2D eigenvalue weighted by Crippen LogP contribution is -2.32. The van der Waals surface area contributed by atoms with Crippen LogP contribution in [-0.4, -0.2) is 43.8 Å². The molecule has 0 bridgehead atoms. The number of hydrogen-bond donors (Lipinski definition) is 2. The highest BCUT2D eigenvalue weighted by Crippen LogP contribution is 2.33. The third-order valence-corrected chi connectivity index (χ3v) is 5.55. The first-order valence-corrected chi connectivity index (χ1v) is 12.0. The molecule has 0 fully saturated rings. The van der Waals surface area contributed by atoms with Gasteiger partial charge in [0.15, 0.2) is 0 Å². The van der Waals surface area contributed by atoms with Gasteiger partial charge in [0.25, 0.3) is 0 Å². The number of methoxy groups -OCH3 is 1. The molecule has 2 aromatic rings. The van der Waals surface area contributed by atoms with Crippen molar-refractivity contribution in [3.8, 4) is 0 Å². The number of ether oxygens (including phenoxy) is 1. The molecule has 2 rings (SSSR count). The van der Waals surface area contributed by atoms with Gasteiger partial charge in [0.1, 0.15) is 0 Å². The van der Waals surface area contributed by atoms with Gasteiger partial charge in [-0.1, -0.05) is 63.6 Å². The normalized spacial score (nSPS) is 12.1. The molecule has 2 N–H and O–H groups in total. The molecule has 6 heteroatoms. The number of carboxylic acids is 1. The predicted molar refractivity (Wildman–Crippen MR) is 139 cm³/mol. The van der Waals surface area contributed by atoms with Crippen molar-refractivity contribution in [2.45, 2.75) is 53.4 Å². The van der Waals surface area contributed by atoms with Crippen molar-refractivity contribution in [3.05, 3.63) is 59.2 Å². The van der Waals surface area contributed by atoms with Gasteiger partial charge >= 0.3 is 5.97 Å². The first-order chi connectivity index (χ1) is 16.1. The highest BCUT2D eigenvalue weighted by molar-refractivity contribution is 5.95. The molecule has 6 nitrogen and oxygen atoms in total. The molecule has 1 atom stereocenters. The van der Waals surface area contributed by atoms with Crippen LogP contribution in [0.25, 0.3) is 0 Å². The molecular formula is C28H40N2O4. The number of amides is 1. The zero-order chi connectivity index (χ0) is 25.3. The lowest BCUT2D eigenvalue weighted by Gasteiger charge is -2.31. The van der Waals surface area contributed by atoms with Gasteiger partial charge in [0, 0.05) is 26.1 Å². The molecule has 0 aliphatic carbocycles. The van der Waals surface area contributed by atoms with Crippen LogP contribution in [0.2, 0.25) is 0 Å². The monoisotopic (exact) mass is 468 g/mol. The number of rotatable bonds is 13. The van der Waals surface area contributed by atoms with E-state index in [1.807, 2.05) is 49.4 Å². The van der Waals surface area contributed by atoms with Crippen LogP contribution >= 0.6 is 0 Å². The predicted octanol–water partition coefficient (Wildman–Crippen LogP) is 5.50. The van der Waals surface area contributed by atoms with Crippen LogP contribution in [0, 0.1) is 18.8 Å². The lowest BCUT2D eigenvalue weighted by atomic mass is 9.95. The lowest BCUT2D eigenvalue weighted by molar-refractivity contribution is -0.137. The summed E-state index contributed by atoms with van der Waals surface area (Å²) >= 11 is 0. The standard InChI is InChI=1S/C28H40N2O4/c1-19(2)16-30(17-20(3)4)26-12-11-23(24(18-34-6)15-28(32)33)14-25(26)29-27(31)13-22-9-7-21(5)8-10-22/h7-12,14,19-20,24H,13,15-18H2,1-6H3,(H,29,31)(H,32,33). The van der Waals surface area contributed by atoms with Crippen molar-refractivity contribution < 1.29 is 19.4 Å². The Balaban J connectivity index is 2.43. The van der Waals surface area contributed by atoms with Crippen LogP contribution in [-0.2, 0) is 20.7 Å². The number of benzene rings is 2. The molecule has 0 radical (unpaired) electrons. The zero-order valence-electron chi connectivity index (χ0n) is 21.4. The first-order valence-electron chi connectivity index (χ1n) is 12.0. The second-order valence-electron chi connectivity index (χ2n) is 9.93. The van der Waals surface area contributed by atoms with E-state index < -0.39 is 5.97 Å². The van der Waals surface area contributed by atoms with E-state index in [4.69, 9.17) is 4.74 Å². The molecule has 0 heterocycles. The molecule has 186 valence electrons. The minimum absolute atomic E-state index is 0.0361. The van der Waals surface area contributed by atoms with Crippen LogP contribution in [0.4, 0.5) is 11.4 Å². The Hall–Kier alpha value is -2.86. The fraction of sp³-hybridized carbons (Fsp3) is 0.500. The van der Waals surface area contributed by atoms with Gasteiger partial charge in [-0.05, 0) is 42.0 Å². The minimum Gasteiger partial charge on any atom is -0.481 e. The third kappa shape index (κ3) is 8.82. The van der Waals surface area contributed by atoms with Crippen molar-refractivity contribution in [3.63, 3.8) is 0 Å². The molecule has 0 spiro atoms. The van der Waals surface area contributed by atoms with E-state index in [9.17, 15) is 14.7 Å². The number of hydrogen-bond acceptors (Lipinski definition) is 4. The summed E-state index contributed by atoms with van der Waals surface area (Å²) in [5, 5.41) is 12.5. The number of nitrogens with one attached hydrogen (secondary N) is 1. The van der Waals surface area contributed by atoms with Gasteiger partial charge < -0.3 is 20.1 Å². The maximum atomic E-state index is 13.0. The average Bonchev–Trinajstić information content (AvgIpc) is 2.73. The highest BCUT2D eigenvalue weighted by atomic mass is 16.5. The molecule has 0 saturated carbocycles. The molecule has 2 aromatic carbocycles. The van der Waals surface area contributed by atoms with Gasteiger partial charge in [-0.3, -0.25) is 9.59 Å². The third-order valence-electron chi connectivity index (χ3n) is 5.55. The van der Waals surface area contributed by atoms with Gasteiger partial charge in [0.05, 0.1) is 30.8 Å². The average molecular weight is 469 g/mol. The summed E-state index contributed by atoms with van der Waals surface area (Å²) in [4.78, 5) is 26.8. The maximum absolute atomic E-state index is 13.0. The van der Waals surface area contributed by atoms with Crippen LogP contribution in [0.3, 0.4) is 0 Å². The van der Waals surface area contributed by atoms with E-state index in [0.29, 0.717) is 24.1 Å². The van der Waals surface area contributed by atoms with E-state index in [1.54, 1.807) is 7.11 Å². The quantitative estimate of drug-likeness (QED) is 0.406. The number of carboxylic acid groups (broad SMARTS) is 1. The van der Waals surface area contributed by atoms with Crippen LogP contribution in [0.5, 0.6) is 0 Å². The van der Waals surface area contributed by atoms with Gasteiger partial charge in [-0.15, -0.1) is 0 Å². The number of carbonyl (C=O) groups excluding carboxylic acids is 1. The molecular weight excluding hydrogens is 428 g/mol. The van der Waals surface area contributed by atoms with E-state index in [-0.39, 0.29) is 24.7 Å². The fourth-order valence-electron chi connectivity index (χ4n) is 4.11. The maximum Gasteiger partial charge on any atom is 0.304 e. The van der Waals surface area contributed by atoms with E-state index in [2.05, 4.69) is 37.9 Å². The van der Waals surface area contributed by atoms with E-state index >= 15 is 0 Å². The summed E-state index contributed by atoms with van der Waals surface area (Å²) in [5.74, 6) is -0.381. The molecule has 0 aliphatic rings. The van der Waals surface area contributed by atoms with Crippen molar-refractivity contribution in [2.24, 2.45) is 11.8 Å². The summed E-state index contributed by atoms with van der Waals surface area (Å²) in [6.07, 6.45) is 0.237. The number of carbonyl (C=O) groups is 2. The largest absolute Gasteiger partial charge is 0.481 e.